The molecule has 0 aliphatic rings. The molecule has 3 nitrogen and oxygen atoms in total. The summed E-state index contributed by atoms with van der Waals surface area (Å²) in [5.74, 6) is -0.314. The van der Waals surface area contributed by atoms with Crippen LogP contribution in [0.1, 0.15) is 5.56 Å². The standard InChI is InChI=1S/C10H11BrFNO2/c1-13(10(14)15)5-4-7-6-8(12)2-3-9(7)11/h2-3,6H,4-5H2,1H3,(H,14,15). The molecule has 0 fully saturated rings. The van der Waals surface area contributed by atoms with Gasteiger partial charge in [-0.05, 0) is 30.2 Å². The number of carboxylic acid groups (broad SMARTS) is 1. The predicted molar refractivity (Wildman–Crippen MR) is 58.5 cm³/mol. The third-order valence-corrected chi connectivity index (χ3v) is 2.82. The Bertz CT molecular complexity index is 370. The van der Waals surface area contributed by atoms with E-state index in [1.165, 1.54) is 19.2 Å². The van der Waals surface area contributed by atoms with Crippen molar-refractivity contribution in [3.63, 3.8) is 0 Å². The molecule has 0 spiro atoms. The van der Waals surface area contributed by atoms with Gasteiger partial charge >= 0.3 is 6.09 Å². The number of likely N-dealkylation sites (N-methyl/N-ethyl adjacent to an activating group) is 1. The molecule has 1 N–H and O–H groups in total. The van der Waals surface area contributed by atoms with E-state index in [0.29, 0.717) is 13.0 Å². The summed E-state index contributed by atoms with van der Waals surface area (Å²) in [5, 5.41) is 8.62. The van der Waals surface area contributed by atoms with Crippen LogP contribution in [0.25, 0.3) is 0 Å². The molecule has 0 aromatic heterocycles. The highest BCUT2D eigenvalue weighted by atomic mass is 79.9. The second-order valence-corrected chi connectivity index (χ2v) is 4.04. The summed E-state index contributed by atoms with van der Waals surface area (Å²) in [5.41, 5.74) is 0.767. The van der Waals surface area contributed by atoms with Crippen molar-refractivity contribution < 1.29 is 14.3 Å². The van der Waals surface area contributed by atoms with E-state index in [2.05, 4.69) is 15.9 Å². The molecule has 0 aliphatic carbocycles. The van der Waals surface area contributed by atoms with Crippen molar-refractivity contribution in [2.45, 2.75) is 6.42 Å². The predicted octanol–water partition coefficient (Wildman–Crippen LogP) is 2.74. The van der Waals surface area contributed by atoms with Crippen molar-refractivity contribution in [3.05, 3.63) is 34.1 Å². The van der Waals surface area contributed by atoms with Crippen LogP contribution in [0.3, 0.4) is 0 Å². The van der Waals surface area contributed by atoms with Crippen LogP contribution in [-0.4, -0.2) is 29.7 Å². The van der Waals surface area contributed by atoms with Crippen LogP contribution in [0.2, 0.25) is 0 Å². The highest BCUT2D eigenvalue weighted by Crippen LogP contribution is 2.18. The van der Waals surface area contributed by atoms with Gasteiger partial charge in [-0.15, -0.1) is 0 Å². The number of benzene rings is 1. The van der Waals surface area contributed by atoms with Crippen molar-refractivity contribution >= 4 is 22.0 Å². The number of amides is 1. The maximum absolute atomic E-state index is 12.9. The highest BCUT2D eigenvalue weighted by molar-refractivity contribution is 9.10. The number of hydrogen-bond donors (Lipinski definition) is 1. The first-order valence-electron chi connectivity index (χ1n) is 4.38. The molecule has 1 rings (SSSR count). The Balaban J connectivity index is 2.65. The van der Waals surface area contributed by atoms with Crippen molar-refractivity contribution in [1.29, 1.82) is 0 Å². The van der Waals surface area contributed by atoms with Crippen LogP contribution < -0.4 is 0 Å². The Kier molecular flexibility index (Phi) is 4.08. The molecule has 1 aromatic rings. The molecule has 1 amide bonds. The minimum atomic E-state index is -0.984. The second kappa shape index (κ2) is 5.11. The molecule has 0 radical (unpaired) electrons. The fourth-order valence-electron chi connectivity index (χ4n) is 1.12. The number of rotatable bonds is 3. The van der Waals surface area contributed by atoms with Crippen LogP contribution >= 0.6 is 15.9 Å². The van der Waals surface area contributed by atoms with E-state index in [9.17, 15) is 9.18 Å². The van der Waals surface area contributed by atoms with E-state index in [1.807, 2.05) is 0 Å². The first-order valence-corrected chi connectivity index (χ1v) is 5.18. The van der Waals surface area contributed by atoms with Gasteiger partial charge in [-0.1, -0.05) is 15.9 Å². The van der Waals surface area contributed by atoms with Crippen LogP contribution in [0.5, 0.6) is 0 Å². The number of nitrogens with zero attached hydrogens (tertiary/aromatic N) is 1. The van der Waals surface area contributed by atoms with Gasteiger partial charge in [0.05, 0.1) is 0 Å². The summed E-state index contributed by atoms with van der Waals surface area (Å²) in [6.07, 6.45) is -0.497. The zero-order valence-corrected chi connectivity index (χ0v) is 9.79. The van der Waals surface area contributed by atoms with E-state index < -0.39 is 6.09 Å². The fourth-order valence-corrected chi connectivity index (χ4v) is 1.56. The van der Waals surface area contributed by atoms with Gasteiger partial charge < -0.3 is 10.0 Å². The zero-order chi connectivity index (χ0) is 11.4. The lowest BCUT2D eigenvalue weighted by Crippen LogP contribution is -2.26. The molecular weight excluding hydrogens is 265 g/mol. The lowest BCUT2D eigenvalue weighted by atomic mass is 10.1. The van der Waals surface area contributed by atoms with Crippen molar-refractivity contribution in [1.82, 2.24) is 4.90 Å². The van der Waals surface area contributed by atoms with Gasteiger partial charge in [0.2, 0.25) is 0 Å². The third kappa shape index (κ3) is 3.51. The Labute approximate surface area is 95.6 Å². The Morgan fingerprint density at radius 3 is 2.87 bits per heavy atom. The molecular formula is C10H11BrFNO2. The van der Waals surface area contributed by atoms with E-state index >= 15 is 0 Å². The minimum absolute atomic E-state index is 0.314. The summed E-state index contributed by atoms with van der Waals surface area (Å²) in [6.45, 7) is 0.345. The molecule has 0 unspecified atom stereocenters. The maximum atomic E-state index is 12.9. The monoisotopic (exact) mass is 275 g/mol. The summed E-state index contributed by atoms with van der Waals surface area (Å²) >= 11 is 3.28. The average Bonchev–Trinajstić information content (AvgIpc) is 2.18. The van der Waals surface area contributed by atoms with Crippen molar-refractivity contribution in [2.24, 2.45) is 0 Å². The Morgan fingerprint density at radius 1 is 1.60 bits per heavy atom. The van der Waals surface area contributed by atoms with Gasteiger partial charge in [0.25, 0.3) is 0 Å². The summed E-state index contributed by atoms with van der Waals surface area (Å²) in [4.78, 5) is 11.7. The van der Waals surface area contributed by atoms with Crippen LogP contribution in [0.15, 0.2) is 22.7 Å². The van der Waals surface area contributed by atoms with Gasteiger partial charge in [0.15, 0.2) is 0 Å². The summed E-state index contributed by atoms with van der Waals surface area (Å²) < 4.78 is 13.7. The molecule has 0 saturated heterocycles. The molecule has 0 saturated carbocycles. The summed E-state index contributed by atoms with van der Waals surface area (Å²) in [6, 6.07) is 4.37. The lowest BCUT2D eigenvalue weighted by Gasteiger charge is -2.13. The van der Waals surface area contributed by atoms with E-state index in [-0.39, 0.29) is 5.82 Å². The average molecular weight is 276 g/mol. The molecule has 5 heteroatoms. The van der Waals surface area contributed by atoms with E-state index in [1.54, 1.807) is 6.07 Å². The molecule has 0 atom stereocenters. The molecule has 1 aromatic carbocycles. The first-order chi connectivity index (χ1) is 7.00. The topological polar surface area (TPSA) is 40.5 Å². The lowest BCUT2D eigenvalue weighted by molar-refractivity contribution is 0.156. The van der Waals surface area contributed by atoms with Crippen molar-refractivity contribution in [3.8, 4) is 0 Å². The first kappa shape index (κ1) is 12.0. The van der Waals surface area contributed by atoms with Crippen LogP contribution in [0.4, 0.5) is 9.18 Å². The quantitative estimate of drug-likeness (QED) is 0.922. The number of halogens is 2. The molecule has 82 valence electrons. The summed E-state index contributed by atoms with van der Waals surface area (Å²) in [7, 11) is 1.48. The molecule has 0 bridgehead atoms. The highest BCUT2D eigenvalue weighted by Gasteiger charge is 2.07. The van der Waals surface area contributed by atoms with E-state index in [4.69, 9.17) is 5.11 Å². The zero-order valence-electron chi connectivity index (χ0n) is 8.20. The van der Waals surface area contributed by atoms with Gasteiger partial charge in [-0.2, -0.15) is 0 Å². The molecule has 15 heavy (non-hydrogen) atoms. The van der Waals surface area contributed by atoms with Gasteiger partial charge in [0, 0.05) is 18.1 Å². The van der Waals surface area contributed by atoms with Crippen LogP contribution in [-0.2, 0) is 6.42 Å². The number of hydrogen-bond acceptors (Lipinski definition) is 1. The normalized spacial score (nSPS) is 10.1. The van der Waals surface area contributed by atoms with Crippen LogP contribution in [0, 0.1) is 5.82 Å². The smallest absolute Gasteiger partial charge is 0.407 e. The van der Waals surface area contributed by atoms with Gasteiger partial charge in [-0.3, -0.25) is 0 Å². The maximum Gasteiger partial charge on any atom is 0.407 e. The fraction of sp³-hybridized carbons (Fsp3) is 0.300. The molecule has 0 heterocycles. The second-order valence-electron chi connectivity index (χ2n) is 3.19. The number of carbonyl (C=O) groups is 1. The SMILES string of the molecule is CN(CCc1cc(F)ccc1Br)C(=O)O. The van der Waals surface area contributed by atoms with Gasteiger partial charge in [-0.25, -0.2) is 9.18 Å². The minimum Gasteiger partial charge on any atom is -0.465 e. The Morgan fingerprint density at radius 2 is 2.27 bits per heavy atom. The third-order valence-electron chi connectivity index (χ3n) is 2.05. The van der Waals surface area contributed by atoms with E-state index in [0.717, 1.165) is 14.9 Å². The van der Waals surface area contributed by atoms with Gasteiger partial charge in [0.1, 0.15) is 5.82 Å². The van der Waals surface area contributed by atoms with Crippen molar-refractivity contribution in [2.75, 3.05) is 13.6 Å². The largest absolute Gasteiger partial charge is 0.465 e. The molecule has 0 aliphatic heterocycles. The Hall–Kier alpha value is -1.10.